The van der Waals surface area contributed by atoms with Crippen molar-refractivity contribution >= 4 is 44.1 Å². The van der Waals surface area contributed by atoms with Crippen molar-refractivity contribution in [1.82, 2.24) is 0 Å². The van der Waals surface area contributed by atoms with Crippen LogP contribution in [-0.2, 0) is 9.53 Å². The first-order chi connectivity index (χ1) is 15.3. The number of hydrogen-bond acceptors (Lipinski definition) is 5. The number of amides is 1. The van der Waals surface area contributed by atoms with Crippen LogP contribution in [-0.4, -0.2) is 25.6 Å². The summed E-state index contributed by atoms with van der Waals surface area (Å²) in [5.74, 6) is 0.204. The fraction of sp³-hybridized carbons (Fsp3) is 0.280. The number of rotatable bonds is 8. The molecule has 0 bridgehead atoms. The number of aryl methyl sites for hydroxylation is 3. The Morgan fingerprint density at radius 3 is 2.47 bits per heavy atom. The predicted molar refractivity (Wildman–Crippen MR) is 133 cm³/mol. The molecule has 1 N–H and O–H groups in total. The van der Waals surface area contributed by atoms with Crippen LogP contribution in [0.3, 0.4) is 0 Å². The quantitative estimate of drug-likeness (QED) is 0.268. The van der Waals surface area contributed by atoms with E-state index in [4.69, 9.17) is 9.47 Å². The highest BCUT2D eigenvalue weighted by Crippen LogP contribution is 2.40. The lowest BCUT2D eigenvalue weighted by Crippen LogP contribution is -2.15. The van der Waals surface area contributed by atoms with Crippen molar-refractivity contribution in [3.05, 3.63) is 68.5 Å². The van der Waals surface area contributed by atoms with Crippen LogP contribution in [0.1, 0.15) is 39.2 Å². The topological polar surface area (TPSA) is 64.6 Å². The maximum absolute atomic E-state index is 12.6. The third-order valence-corrected chi connectivity index (χ3v) is 6.56. The summed E-state index contributed by atoms with van der Waals surface area (Å²) in [5.41, 5.74) is 4.26. The van der Waals surface area contributed by atoms with Gasteiger partial charge in [-0.15, -0.1) is 11.3 Å². The number of anilines is 1. The SMILES string of the molecule is COC(=O)c1c(NC(=O)CCCOc2cc(C)ccc2C)sc(C)c1-c1ccc(Br)cc1. The number of thiophene rings is 1. The molecular weight excluding hydrogens is 490 g/mol. The average Bonchev–Trinajstić information content (AvgIpc) is 3.09. The van der Waals surface area contributed by atoms with Gasteiger partial charge in [0, 0.05) is 21.3 Å². The zero-order chi connectivity index (χ0) is 23.3. The van der Waals surface area contributed by atoms with E-state index in [2.05, 4.69) is 21.2 Å². The molecule has 0 fully saturated rings. The molecule has 0 unspecified atom stereocenters. The maximum Gasteiger partial charge on any atom is 0.341 e. The van der Waals surface area contributed by atoms with E-state index in [1.165, 1.54) is 18.4 Å². The molecule has 0 aliphatic heterocycles. The normalized spacial score (nSPS) is 10.7. The van der Waals surface area contributed by atoms with Gasteiger partial charge < -0.3 is 14.8 Å². The van der Waals surface area contributed by atoms with Gasteiger partial charge in [-0.3, -0.25) is 4.79 Å². The van der Waals surface area contributed by atoms with Gasteiger partial charge in [0.2, 0.25) is 5.91 Å². The first kappa shape index (κ1) is 24.0. The van der Waals surface area contributed by atoms with Crippen LogP contribution in [0.15, 0.2) is 46.9 Å². The molecule has 1 amide bonds. The number of hydrogen-bond donors (Lipinski definition) is 1. The van der Waals surface area contributed by atoms with Crippen LogP contribution in [0.5, 0.6) is 5.75 Å². The molecule has 2 aromatic carbocycles. The van der Waals surface area contributed by atoms with Crippen molar-refractivity contribution in [3.8, 4) is 16.9 Å². The second-order valence-corrected chi connectivity index (χ2v) is 9.65. The van der Waals surface area contributed by atoms with Crippen molar-refractivity contribution in [2.24, 2.45) is 0 Å². The first-order valence-electron chi connectivity index (χ1n) is 10.3. The lowest BCUT2D eigenvalue weighted by molar-refractivity contribution is -0.116. The van der Waals surface area contributed by atoms with E-state index in [1.807, 2.05) is 63.2 Å². The Balaban J connectivity index is 1.69. The van der Waals surface area contributed by atoms with Gasteiger partial charge >= 0.3 is 5.97 Å². The fourth-order valence-corrected chi connectivity index (χ4v) is 4.71. The van der Waals surface area contributed by atoms with E-state index in [1.54, 1.807) is 0 Å². The lowest BCUT2D eigenvalue weighted by atomic mass is 10.0. The van der Waals surface area contributed by atoms with Gasteiger partial charge in [0.25, 0.3) is 0 Å². The Morgan fingerprint density at radius 2 is 1.78 bits per heavy atom. The summed E-state index contributed by atoms with van der Waals surface area (Å²) in [5, 5.41) is 3.41. The average molecular weight is 516 g/mol. The summed E-state index contributed by atoms with van der Waals surface area (Å²) >= 11 is 4.81. The van der Waals surface area contributed by atoms with Crippen LogP contribution in [0.25, 0.3) is 11.1 Å². The molecule has 168 valence electrons. The van der Waals surface area contributed by atoms with Gasteiger partial charge in [-0.1, -0.05) is 40.2 Å². The maximum atomic E-state index is 12.6. The van der Waals surface area contributed by atoms with Crippen molar-refractivity contribution in [2.75, 3.05) is 19.0 Å². The lowest BCUT2D eigenvalue weighted by Gasteiger charge is -2.10. The number of halogens is 1. The van der Waals surface area contributed by atoms with Crippen LogP contribution < -0.4 is 10.1 Å². The Kier molecular flexibility index (Phi) is 8.10. The summed E-state index contributed by atoms with van der Waals surface area (Å²) in [6.07, 6.45) is 0.854. The second-order valence-electron chi connectivity index (χ2n) is 7.50. The Hall–Kier alpha value is -2.64. The summed E-state index contributed by atoms with van der Waals surface area (Å²) < 4.78 is 11.8. The Morgan fingerprint density at radius 1 is 1.06 bits per heavy atom. The molecule has 0 saturated carbocycles. The predicted octanol–water partition coefficient (Wildman–Crippen LogP) is 6.69. The molecule has 3 aromatic rings. The van der Waals surface area contributed by atoms with E-state index >= 15 is 0 Å². The van der Waals surface area contributed by atoms with E-state index in [-0.39, 0.29) is 12.3 Å². The largest absolute Gasteiger partial charge is 0.493 e. The van der Waals surface area contributed by atoms with Gasteiger partial charge in [0.15, 0.2) is 0 Å². The van der Waals surface area contributed by atoms with Crippen LogP contribution in [0, 0.1) is 20.8 Å². The molecule has 1 heterocycles. The number of nitrogens with one attached hydrogen (secondary N) is 1. The highest BCUT2D eigenvalue weighted by atomic mass is 79.9. The van der Waals surface area contributed by atoms with Crippen LogP contribution in [0.2, 0.25) is 0 Å². The minimum atomic E-state index is -0.471. The molecule has 32 heavy (non-hydrogen) atoms. The Bertz CT molecular complexity index is 1120. The molecule has 0 radical (unpaired) electrons. The van der Waals surface area contributed by atoms with Gasteiger partial charge in [0.05, 0.1) is 13.7 Å². The van der Waals surface area contributed by atoms with Crippen molar-refractivity contribution in [2.45, 2.75) is 33.6 Å². The minimum absolute atomic E-state index is 0.164. The molecule has 0 aliphatic rings. The molecule has 5 nitrogen and oxygen atoms in total. The van der Waals surface area contributed by atoms with E-state index in [9.17, 15) is 9.59 Å². The summed E-state index contributed by atoms with van der Waals surface area (Å²) in [7, 11) is 1.34. The van der Waals surface area contributed by atoms with Crippen molar-refractivity contribution < 1.29 is 19.1 Å². The zero-order valence-electron chi connectivity index (χ0n) is 18.6. The number of methoxy groups -OCH3 is 1. The second kappa shape index (κ2) is 10.8. The molecule has 7 heteroatoms. The number of carbonyl (C=O) groups excluding carboxylic acids is 2. The van der Waals surface area contributed by atoms with Crippen molar-refractivity contribution in [3.63, 3.8) is 0 Å². The first-order valence-corrected chi connectivity index (χ1v) is 11.9. The number of carbonyl (C=O) groups is 2. The molecule has 0 saturated heterocycles. The summed E-state index contributed by atoms with van der Waals surface area (Å²) in [6, 6.07) is 13.8. The summed E-state index contributed by atoms with van der Waals surface area (Å²) in [6.45, 7) is 6.39. The monoisotopic (exact) mass is 515 g/mol. The standard InChI is InChI=1S/C25H26BrNO4S/c1-15-7-8-16(2)20(14-15)31-13-5-6-21(28)27-24-23(25(29)30-4)22(17(3)32-24)18-9-11-19(26)12-10-18/h7-12,14H,5-6,13H2,1-4H3,(H,27,28). The third-order valence-electron chi connectivity index (χ3n) is 5.01. The van der Waals surface area contributed by atoms with Crippen LogP contribution >= 0.6 is 27.3 Å². The van der Waals surface area contributed by atoms with E-state index < -0.39 is 5.97 Å². The van der Waals surface area contributed by atoms with Crippen molar-refractivity contribution in [1.29, 1.82) is 0 Å². The number of ether oxygens (including phenoxy) is 2. The molecule has 0 aliphatic carbocycles. The molecule has 3 rings (SSSR count). The minimum Gasteiger partial charge on any atom is -0.493 e. The molecule has 1 aromatic heterocycles. The fourth-order valence-electron chi connectivity index (χ4n) is 3.36. The van der Waals surface area contributed by atoms with Gasteiger partial charge in [-0.05, 0) is 62.1 Å². The summed E-state index contributed by atoms with van der Waals surface area (Å²) in [4.78, 5) is 26.1. The van der Waals surface area contributed by atoms with Gasteiger partial charge in [-0.25, -0.2) is 4.79 Å². The van der Waals surface area contributed by atoms with E-state index in [0.717, 1.165) is 37.4 Å². The van der Waals surface area contributed by atoms with Gasteiger partial charge in [0.1, 0.15) is 16.3 Å². The molecule has 0 atom stereocenters. The number of benzene rings is 2. The third kappa shape index (κ3) is 5.78. The number of esters is 1. The molecule has 0 spiro atoms. The highest BCUT2D eigenvalue weighted by molar-refractivity contribution is 9.10. The zero-order valence-corrected chi connectivity index (χ0v) is 21.0. The van der Waals surface area contributed by atoms with E-state index in [0.29, 0.717) is 23.6 Å². The molecular formula is C25H26BrNO4S. The van der Waals surface area contributed by atoms with Crippen LogP contribution in [0.4, 0.5) is 5.00 Å². The Labute approximate surface area is 200 Å². The highest BCUT2D eigenvalue weighted by Gasteiger charge is 2.25. The smallest absolute Gasteiger partial charge is 0.341 e. The van der Waals surface area contributed by atoms with Gasteiger partial charge in [-0.2, -0.15) is 0 Å².